The predicted octanol–water partition coefficient (Wildman–Crippen LogP) is 3.30. The second kappa shape index (κ2) is 4.73. The first-order valence-corrected chi connectivity index (χ1v) is 4.06. The van der Waals surface area contributed by atoms with Crippen molar-refractivity contribution in [1.82, 2.24) is 0 Å². The van der Waals surface area contributed by atoms with Gasteiger partial charge in [-0.3, -0.25) is 0 Å². The van der Waals surface area contributed by atoms with Crippen molar-refractivity contribution in [2.45, 2.75) is 19.8 Å². The van der Waals surface area contributed by atoms with Gasteiger partial charge >= 0.3 is 0 Å². The van der Waals surface area contributed by atoms with E-state index in [0.29, 0.717) is 0 Å². The van der Waals surface area contributed by atoms with Gasteiger partial charge < -0.3 is 0 Å². The molecule has 0 amide bonds. The van der Waals surface area contributed by atoms with Crippen LogP contribution in [0, 0.1) is 6.07 Å². The van der Waals surface area contributed by atoms with Crippen molar-refractivity contribution in [3.8, 4) is 0 Å². The van der Waals surface area contributed by atoms with E-state index in [9.17, 15) is 0 Å². The molecule has 1 radical (unpaired) electrons. The maximum atomic E-state index is 3.14. The lowest BCUT2D eigenvalue weighted by atomic mass is 10.2. The van der Waals surface area contributed by atoms with Crippen molar-refractivity contribution in [2.24, 2.45) is 0 Å². The van der Waals surface area contributed by atoms with Crippen LogP contribution in [0.5, 0.6) is 0 Å². The minimum atomic E-state index is 1.16. The molecule has 0 N–H and O–H groups in total. The Balaban J connectivity index is 2.50. The van der Waals surface area contributed by atoms with Crippen LogP contribution in [-0.4, -0.2) is 0 Å². The smallest absolute Gasteiger partial charge is 0.0106 e. The normalized spacial score (nSPS) is 10.6. The Kier molecular flexibility index (Phi) is 3.46. The van der Waals surface area contributed by atoms with Gasteiger partial charge in [0.2, 0.25) is 0 Å². The Bertz CT molecular complexity index is 209. The van der Waals surface area contributed by atoms with E-state index >= 15 is 0 Å². The van der Waals surface area contributed by atoms with E-state index in [1.807, 2.05) is 18.2 Å². The first-order chi connectivity index (χ1) is 5.43. The Hall–Kier alpha value is -1.04. The number of allylic oxidation sites excluding steroid dienone is 1. The Morgan fingerprint density at radius 2 is 2.36 bits per heavy atom. The van der Waals surface area contributed by atoms with Crippen molar-refractivity contribution in [3.63, 3.8) is 0 Å². The fourth-order valence-electron chi connectivity index (χ4n) is 0.888. The first-order valence-electron chi connectivity index (χ1n) is 4.06. The molecule has 0 saturated heterocycles. The fourth-order valence-corrected chi connectivity index (χ4v) is 0.888. The van der Waals surface area contributed by atoms with Gasteiger partial charge in [-0.2, -0.15) is 0 Å². The molecule has 0 aliphatic heterocycles. The molecule has 0 heterocycles. The van der Waals surface area contributed by atoms with Gasteiger partial charge in [-0.25, -0.2) is 0 Å². The molecule has 0 nitrogen and oxygen atoms in total. The third-order valence-corrected chi connectivity index (χ3v) is 1.49. The van der Waals surface area contributed by atoms with E-state index in [2.05, 4.69) is 31.2 Å². The van der Waals surface area contributed by atoms with Crippen LogP contribution in [0.4, 0.5) is 0 Å². The fraction of sp³-hybridized carbons (Fsp3) is 0.273. The summed E-state index contributed by atoms with van der Waals surface area (Å²) < 4.78 is 0. The monoisotopic (exact) mass is 145 g/mol. The summed E-state index contributed by atoms with van der Waals surface area (Å²) in [5, 5.41) is 0. The van der Waals surface area contributed by atoms with Gasteiger partial charge in [-0.15, -0.1) is 0 Å². The van der Waals surface area contributed by atoms with Gasteiger partial charge in [0.05, 0.1) is 0 Å². The summed E-state index contributed by atoms with van der Waals surface area (Å²) in [6, 6.07) is 11.2. The van der Waals surface area contributed by atoms with Gasteiger partial charge in [-0.1, -0.05) is 49.8 Å². The molecule has 1 aromatic rings. The molecule has 0 aliphatic rings. The average Bonchev–Trinajstić information content (AvgIpc) is 2.07. The molecule has 0 fully saturated rings. The molecule has 0 saturated carbocycles. The second-order valence-corrected chi connectivity index (χ2v) is 2.51. The molecule has 1 aromatic carbocycles. The topological polar surface area (TPSA) is 0 Å². The van der Waals surface area contributed by atoms with Gasteiger partial charge in [0, 0.05) is 0 Å². The van der Waals surface area contributed by atoms with E-state index in [4.69, 9.17) is 0 Å². The summed E-state index contributed by atoms with van der Waals surface area (Å²) in [6.45, 7) is 2.18. The number of rotatable bonds is 3. The van der Waals surface area contributed by atoms with Crippen LogP contribution in [0.1, 0.15) is 25.3 Å². The molecule has 57 valence electrons. The summed E-state index contributed by atoms with van der Waals surface area (Å²) in [7, 11) is 0. The number of hydrogen-bond acceptors (Lipinski definition) is 0. The van der Waals surface area contributed by atoms with Crippen LogP contribution in [0.25, 0.3) is 6.08 Å². The minimum Gasteiger partial charge on any atom is -0.0839 e. The molecule has 1 rings (SSSR count). The molecule has 0 atom stereocenters. The summed E-state index contributed by atoms with van der Waals surface area (Å²) in [5.41, 5.74) is 1.17. The van der Waals surface area contributed by atoms with E-state index in [-0.39, 0.29) is 0 Å². The van der Waals surface area contributed by atoms with Crippen LogP contribution < -0.4 is 0 Å². The third kappa shape index (κ3) is 3.03. The zero-order chi connectivity index (χ0) is 7.94. The van der Waals surface area contributed by atoms with Crippen molar-refractivity contribution >= 4 is 6.08 Å². The molecule has 0 aliphatic carbocycles. The van der Waals surface area contributed by atoms with Gasteiger partial charge in [-0.05, 0) is 18.1 Å². The number of unbranched alkanes of at least 4 members (excludes halogenated alkanes) is 1. The van der Waals surface area contributed by atoms with Crippen LogP contribution in [-0.2, 0) is 0 Å². The van der Waals surface area contributed by atoms with Crippen LogP contribution in [0.2, 0.25) is 0 Å². The Morgan fingerprint density at radius 1 is 1.45 bits per heavy atom. The minimum absolute atomic E-state index is 1.16. The highest BCUT2D eigenvalue weighted by molar-refractivity contribution is 5.47. The zero-order valence-electron chi connectivity index (χ0n) is 6.88. The second-order valence-electron chi connectivity index (χ2n) is 2.51. The summed E-state index contributed by atoms with van der Waals surface area (Å²) >= 11 is 0. The summed E-state index contributed by atoms with van der Waals surface area (Å²) in [4.78, 5) is 0. The number of benzene rings is 1. The van der Waals surface area contributed by atoms with Crippen molar-refractivity contribution in [2.75, 3.05) is 0 Å². The molecular weight excluding hydrogens is 132 g/mol. The SMILES string of the molecule is CCC/C=C/c1[c]cccc1. The first kappa shape index (κ1) is 8.06. The highest BCUT2D eigenvalue weighted by Gasteiger charge is 1.81. The maximum absolute atomic E-state index is 3.14. The Morgan fingerprint density at radius 3 is 3.00 bits per heavy atom. The highest BCUT2D eigenvalue weighted by Crippen LogP contribution is 2.01. The molecule has 0 bridgehead atoms. The maximum Gasteiger partial charge on any atom is -0.0106 e. The van der Waals surface area contributed by atoms with E-state index in [0.717, 1.165) is 6.42 Å². The molecule has 0 heteroatoms. The van der Waals surface area contributed by atoms with Crippen molar-refractivity contribution < 1.29 is 0 Å². The quantitative estimate of drug-likeness (QED) is 0.612. The largest absolute Gasteiger partial charge is 0.0839 e. The molecule has 0 aromatic heterocycles. The highest BCUT2D eigenvalue weighted by atomic mass is 13.9. The van der Waals surface area contributed by atoms with Crippen LogP contribution >= 0.6 is 0 Å². The lowest BCUT2D eigenvalue weighted by Crippen LogP contribution is -1.68. The van der Waals surface area contributed by atoms with Gasteiger partial charge in [0.25, 0.3) is 0 Å². The van der Waals surface area contributed by atoms with Crippen molar-refractivity contribution in [3.05, 3.63) is 42.0 Å². The van der Waals surface area contributed by atoms with Gasteiger partial charge in [0.1, 0.15) is 0 Å². The van der Waals surface area contributed by atoms with Gasteiger partial charge in [0.15, 0.2) is 0 Å². The standard InChI is InChI=1S/C11H13/c1-2-3-5-8-11-9-6-4-7-10-11/h4-9H,2-3H2,1H3/b8-5+. The van der Waals surface area contributed by atoms with Crippen molar-refractivity contribution in [1.29, 1.82) is 0 Å². The van der Waals surface area contributed by atoms with E-state index in [1.165, 1.54) is 12.0 Å². The lowest BCUT2D eigenvalue weighted by molar-refractivity contribution is 0.962. The molecular formula is C11H13. The Labute approximate surface area is 68.6 Å². The molecule has 0 spiro atoms. The van der Waals surface area contributed by atoms with E-state index < -0.39 is 0 Å². The predicted molar refractivity (Wildman–Crippen MR) is 49.2 cm³/mol. The molecule has 11 heavy (non-hydrogen) atoms. The summed E-state index contributed by atoms with van der Waals surface area (Å²) in [6.07, 6.45) is 6.67. The molecule has 0 unspecified atom stereocenters. The average molecular weight is 145 g/mol. The van der Waals surface area contributed by atoms with Crippen LogP contribution in [0.15, 0.2) is 30.3 Å². The third-order valence-electron chi connectivity index (χ3n) is 1.49. The van der Waals surface area contributed by atoms with Crippen LogP contribution in [0.3, 0.4) is 0 Å². The number of hydrogen-bond donors (Lipinski definition) is 0. The zero-order valence-corrected chi connectivity index (χ0v) is 6.88. The summed E-state index contributed by atoms with van der Waals surface area (Å²) in [5.74, 6) is 0. The van der Waals surface area contributed by atoms with E-state index in [1.54, 1.807) is 0 Å². The lowest BCUT2D eigenvalue weighted by Gasteiger charge is -1.89.